The molecule has 0 aliphatic carbocycles. The first-order valence-electron chi connectivity index (χ1n) is 6.85. The van der Waals surface area contributed by atoms with Gasteiger partial charge in [0.2, 0.25) is 15.9 Å². The molecule has 0 fully saturated rings. The van der Waals surface area contributed by atoms with E-state index in [0.29, 0.717) is 0 Å². The highest BCUT2D eigenvalue weighted by Crippen LogP contribution is 2.12. The molecule has 0 saturated heterocycles. The number of rotatable bonds is 8. The van der Waals surface area contributed by atoms with Crippen molar-refractivity contribution in [3.8, 4) is 0 Å². The van der Waals surface area contributed by atoms with Gasteiger partial charge in [0.25, 0.3) is 0 Å². The van der Waals surface area contributed by atoms with Crippen LogP contribution in [0.3, 0.4) is 0 Å². The smallest absolute Gasteiger partial charge is 0.305 e. The summed E-state index contributed by atoms with van der Waals surface area (Å²) in [6.07, 6.45) is 0.565. The second-order valence-electron chi connectivity index (χ2n) is 5.23. The summed E-state index contributed by atoms with van der Waals surface area (Å²) < 4.78 is 49.7. The monoisotopic (exact) mass is 364 g/mol. The van der Waals surface area contributed by atoms with Crippen LogP contribution >= 0.6 is 0 Å². The summed E-state index contributed by atoms with van der Waals surface area (Å²) in [5.41, 5.74) is 0.259. The van der Waals surface area contributed by atoms with Crippen molar-refractivity contribution in [2.75, 3.05) is 26.4 Å². The van der Waals surface area contributed by atoms with E-state index in [1.54, 1.807) is 0 Å². The van der Waals surface area contributed by atoms with Crippen LogP contribution in [-0.4, -0.2) is 61.0 Å². The third-order valence-corrected chi connectivity index (χ3v) is 4.49. The van der Waals surface area contributed by atoms with E-state index in [-0.39, 0.29) is 25.1 Å². The van der Waals surface area contributed by atoms with Gasteiger partial charge in [0.1, 0.15) is 0 Å². The zero-order valence-corrected chi connectivity index (χ0v) is 14.0. The Kier molecular flexibility index (Phi) is 6.79. The van der Waals surface area contributed by atoms with Crippen molar-refractivity contribution < 1.29 is 31.9 Å². The van der Waals surface area contributed by atoms with Gasteiger partial charge in [-0.1, -0.05) is 6.07 Å². The summed E-state index contributed by atoms with van der Waals surface area (Å²) in [5, 5.41) is 8.75. The van der Waals surface area contributed by atoms with Crippen LogP contribution in [0.4, 0.5) is 8.78 Å². The molecule has 134 valence electrons. The van der Waals surface area contributed by atoms with Crippen molar-refractivity contribution in [2.24, 2.45) is 0 Å². The molecular formula is C14H18F2N2O5S. The van der Waals surface area contributed by atoms with Gasteiger partial charge in [-0.25, -0.2) is 17.2 Å². The normalized spacial score (nSPS) is 11.5. The fourth-order valence-corrected chi connectivity index (χ4v) is 2.13. The summed E-state index contributed by atoms with van der Waals surface area (Å²) in [6.45, 7) is -0.839. The third kappa shape index (κ3) is 6.20. The number of sulfonamides is 1. The predicted molar refractivity (Wildman–Crippen MR) is 81.5 cm³/mol. The molecule has 1 amide bonds. The Morgan fingerprint density at radius 1 is 1.21 bits per heavy atom. The summed E-state index contributed by atoms with van der Waals surface area (Å²) in [5.74, 6) is -3.92. The zero-order valence-electron chi connectivity index (χ0n) is 13.2. The molecule has 0 atom stereocenters. The minimum Gasteiger partial charge on any atom is -0.481 e. The number of halogens is 2. The molecule has 0 spiro atoms. The largest absolute Gasteiger partial charge is 0.481 e. The molecule has 0 radical (unpaired) electrons. The molecule has 1 aromatic rings. The van der Waals surface area contributed by atoms with Gasteiger partial charge in [0.05, 0.1) is 19.2 Å². The molecule has 1 rings (SSSR count). The Balaban J connectivity index is 2.91. The Labute approximate surface area is 138 Å². The summed E-state index contributed by atoms with van der Waals surface area (Å²) in [6, 6.07) is 3.06. The molecule has 0 aliphatic heterocycles. The molecular weight excluding hydrogens is 346 g/mol. The number of nitrogens with zero attached hydrogens (tertiary/aromatic N) is 2. The summed E-state index contributed by atoms with van der Waals surface area (Å²) in [4.78, 5) is 24.0. The van der Waals surface area contributed by atoms with Crippen LogP contribution in [0, 0.1) is 11.6 Å². The van der Waals surface area contributed by atoms with Crippen LogP contribution in [0.5, 0.6) is 0 Å². The van der Waals surface area contributed by atoms with Gasteiger partial charge in [-0.05, 0) is 17.7 Å². The number of aliphatic carboxylic acids is 1. The molecule has 0 unspecified atom stereocenters. The molecule has 0 aromatic heterocycles. The number of amides is 1. The topological polar surface area (TPSA) is 95.0 Å². The molecule has 0 bridgehead atoms. The fourth-order valence-electron chi connectivity index (χ4n) is 1.79. The van der Waals surface area contributed by atoms with E-state index in [2.05, 4.69) is 0 Å². The molecule has 1 N–H and O–H groups in total. The minimum atomic E-state index is -3.59. The van der Waals surface area contributed by atoms with Crippen LogP contribution in [0.25, 0.3) is 0 Å². The van der Waals surface area contributed by atoms with Gasteiger partial charge in [-0.15, -0.1) is 0 Å². The average molecular weight is 364 g/mol. The standard InChI is InChI=1S/C14H18F2N2O5S/c1-17(24(2,22)23)9-13(19)18(6-5-14(20)21)8-10-3-4-11(15)12(16)7-10/h3-4,7H,5-6,8-9H2,1-2H3,(H,20,21). The molecule has 1 aromatic carbocycles. The van der Waals surface area contributed by atoms with Gasteiger partial charge >= 0.3 is 5.97 Å². The fraction of sp³-hybridized carbons (Fsp3) is 0.429. The number of carboxylic acid groups (broad SMARTS) is 1. The first kappa shape index (κ1) is 20.0. The maximum atomic E-state index is 13.3. The lowest BCUT2D eigenvalue weighted by atomic mass is 10.2. The van der Waals surface area contributed by atoms with Crippen LogP contribution in [0.15, 0.2) is 18.2 Å². The Hall–Kier alpha value is -2.07. The van der Waals surface area contributed by atoms with E-state index < -0.39 is 40.1 Å². The molecule has 24 heavy (non-hydrogen) atoms. The number of hydrogen-bond acceptors (Lipinski definition) is 4. The van der Waals surface area contributed by atoms with Crippen LogP contribution in [0.1, 0.15) is 12.0 Å². The van der Waals surface area contributed by atoms with Crippen LogP contribution in [-0.2, 0) is 26.2 Å². The Morgan fingerprint density at radius 2 is 1.83 bits per heavy atom. The van der Waals surface area contributed by atoms with Gasteiger partial charge in [-0.2, -0.15) is 4.31 Å². The predicted octanol–water partition coefficient (Wildman–Crippen LogP) is 0.660. The maximum Gasteiger partial charge on any atom is 0.305 e. The highest BCUT2D eigenvalue weighted by molar-refractivity contribution is 7.88. The Bertz CT molecular complexity index is 724. The SMILES string of the molecule is CN(CC(=O)N(CCC(=O)O)Cc1ccc(F)c(F)c1)S(C)(=O)=O. The quantitative estimate of drug-likeness (QED) is 0.731. The van der Waals surface area contributed by atoms with Gasteiger partial charge < -0.3 is 10.0 Å². The van der Waals surface area contributed by atoms with Crippen molar-refractivity contribution in [3.05, 3.63) is 35.4 Å². The van der Waals surface area contributed by atoms with E-state index in [1.165, 1.54) is 13.1 Å². The van der Waals surface area contributed by atoms with Crippen molar-refractivity contribution in [1.29, 1.82) is 0 Å². The zero-order chi connectivity index (χ0) is 18.5. The van der Waals surface area contributed by atoms with Crippen molar-refractivity contribution in [3.63, 3.8) is 0 Å². The highest BCUT2D eigenvalue weighted by Gasteiger charge is 2.21. The third-order valence-electron chi connectivity index (χ3n) is 3.23. The van der Waals surface area contributed by atoms with E-state index in [9.17, 15) is 26.8 Å². The molecule has 0 heterocycles. The maximum absolute atomic E-state index is 13.3. The number of carbonyl (C=O) groups is 2. The van der Waals surface area contributed by atoms with Crippen molar-refractivity contribution in [2.45, 2.75) is 13.0 Å². The number of carboxylic acids is 1. The van der Waals surface area contributed by atoms with E-state index in [1.807, 2.05) is 0 Å². The lowest BCUT2D eigenvalue weighted by Gasteiger charge is -2.24. The van der Waals surface area contributed by atoms with Crippen LogP contribution < -0.4 is 0 Å². The van der Waals surface area contributed by atoms with E-state index >= 15 is 0 Å². The van der Waals surface area contributed by atoms with Crippen molar-refractivity contribution in [1.82, 2.24) is 9.21 Å². The Morgan fingerprint density at radius 3 is 2.33 bits per heavy atom. The minimum absolute atomic E-state index is 0.166. The lowest BCUT2D eigenvalue weighted by molar-refractivity contribution is -0.138. The second kappa shape index (κ2) is 8.15. The van der Waals surface area contributed by atoms with Gasteiger partial charge in [0.15, 0.2) is 11.6 Å². The summed E-state index contributed by atoms with van der Waals surface area (Å²) >= 11 is 0. The number of likely N-dealkylation sites (N-methyl/N-ethyl adjacent to an activating group) is 1. The van der Waals surface area contributed by atoms with E-state index in [0.717, 1.165) is 27.6 Å². The van der Waals surface area contributed by atoms with Crippen molar-refractivity contribution >= 4 is 21.9 Å². The van der Waals surface area contributed by atoms with Gasteiger partial charge in [-0.3, -0.25) is 9.59 Å². The van der Waals surface area contributed by atoms with E-state index in [4.69, 9.17) is 5.11 Å². The first-order valence-corrected chi connectivity index (χ1v) is 8.70. The van der Waals surface area contributed by atoms with Gasteiger partial charge in [0, 0.05) is 20.1 Å². The molecule has 0 saturated carbocycles. The average Bonchev–Trinajstić information content (AvgIpc) is 2.45. The molecule has 0 aliphatic rings. The summed E-state index contributed by atoms with van der Waals surface area (Å²) in [7, 11) is -2.38. The lowest BCUT2D eigenvalue weighted by Crippen LogP contribution is -2.41. The molecule has 10 heteroatoms. The number of hydrogen-bond donors (Lipinski definition) is 1. The second-order valence-corrected chi connectivity index (χ2v) is 7.32. The molecule has 7 nitrogen and oxygen atoms in total. The highest BCUT2D eigenvalue weighted by atomic mass is 32.2. The number of benzene rings is 1. The van der Waals surface area contributed by atoms with Crippen LogP contribution in [0.2, 0.25) is 0 Å². The number of carbonyl (C=O) groups excluding carboxylic acids is 1. The first-order chi connectivity index (χ1) is 11.0.